The van der Waals surface area contributed by atoms with E-state index >= 15 is 0 Å². The fraction of sp³-hybridized carbons (Fsp3) is 0.0769. The molecule has 0 aliphatic heterocycles. The van der Waals surface area contributed by atoms with Gasteiger partial charge in [-0.1, -0.05) is 36.4 Å². The van der Waals surface area contributed by atoms with Gasteiger partial charge in [0.2, 0.25) is 0 Å². The monoisotopic (exact) mass is 246 g/mol. The van der Waals surface area contributed by atoms with Crippen LogP contribution in [-0.2, 0) is 0 Å². The van der Waals surface area contributed by atoms with Crippen LogP contribution in [0, 0.1) is 0 Å². The van der Waals surface area contributed by atoms with Crippen molar-refractivity contribution in [1.82, 2.24) is 0 Å². The average Bonchev–Trinajstić information content (AvgIpc) is 2.55. The van der Waals surface area contributed by atoms with Crippen molar-refractivity contribution in [2.75, 3.05) is 7.11 Å². The van der Waals surface area contributed by atoms with Crippen LogP contribution in [0.3, 0.4) is 0 Å². The van der Waals surface area contributed by atoms with E-state index in [9.17, 15) is 0 Å². The Labute approximate surface area is 99.2 Å². The maximum atomic E-state index is 5.71. The zero-order valence-corrected chi connectivity index (χ0v) is 10.2. The van der Waals surface area contributed by atoms with E-state index in [1.807, 2.05) is 48.5 Å². The summed E-state index contributed by atoms with van der Waals surface area (Å²) in [5.41, 5.74) is 1.59. The highest BCUT2D eigenvalue weighted by Gasteiger charge is 2.04. The fourth-order valence-electron chi connectivity index (χ4n) is 1.79. The van der Waals surface area contributed by atoms with E-state index in [0.29, 0.717) is 0 Å². The summed E-state index contributed by atoms with van der Waals surface area (Å²) in [5, 5.41) is 2.07. The first-order valence-corrected chi connectivity index (χ1v) is 6.36. The Hall–Kier alpha value is -1.70. The van der Waals surface area contributed by atoms with Crippen LogP contribution in [0.15, 0.2) is 56.9 Å². The van der Waals surface area contributed by atoms with E-state index in [-0.39, 0.29) is 0 Å². The van der Waals surface area contributed by atoms with Crippen molar-refractivity contribution in [2.45, 2.75) is 0 Å². The molecule has 0 fully saturated rings. The Morgan fingerprint density at radius 1 is 0.824 bits per heavy atom. The van der Waals surface area contributed by atoms with Crippen LogP contribution < -0.4 is 4.52 Å². The van der Waals surface area contributed by atoms with Gasteiger partial charge in [-0.15, -0.1) is 0 Å². The summed E-state index contributed by atoms with van der Waals surface area (Å²) in [6, 6.07) is 15.7. The lowest BCUT2D eigenvalue weighted by molar-refractivity contribution is 0.454. The third-order valence-corrected chi connectivity index (χ3v) is 3.55. The second-order valence-corrected chi connectivity index (χ2v) is 4.76. The number of rotatable bonds is 1. The SMILES string of the molecule is COp1oc2ccccc2c2ccccc2o1. The predicted octanol–water partition coefficient (Wildman–Crippen LogP) is 4.35. The molecular formula is C13H11O3P. The fourth-order valence-corrected chi connectivity index (χ4v) is 2.62. The molecule has 17 heavy (non-hydrogen) atoms. The van der Waals surface area contributed by atoms with Crippen LogP contribution in [-0.4, -0.2) is 7.11 Å². The van der Waals surface area contributed by atoms with E-state index in [1.54, 1.807) is 7.11 Å². The van der Waals surface area contributed by atoms with Crippen LogP contribution in [0.5, 0.6) is 0 Å². The maximum absolute atomic E-state index is 5.71. The molecule has 0 atom stereocenters. The largest absolute Gasteiger partial charge is 0.399 e. The van der Waals surface area contributed by atoms with Crippen molar-refractivity contribution in [3.8, 4) is 0 Å². The van der Waals surface area contributed by atoms with Gasteiger partial charge in [0.15, 0.2) is 0 Å². The van der Waals surface area contributed by atoms with Crippen LogP contribution >= 0.6 is 8.24 Å². The normalized spacial score (nSPS) is 10.9. The zero-order valence-electron chi connectivity index (χ0n) is 9.29. The van der Waals surface area contributed by atoms with Crippen LogP contribution in [0.2, 0.25) is 0 Å². The summed E-state index contributed by atoms with van der Waals surface area (Å²) in [5.74, 6) is 0. The molecule has 0 spiro atoms. The Morgan fingerprint density at radius 2 is 1.29 bits per heavy atom. The van der Waals surface area contributed by atoms with Crippen molar-refractivity contribution >= 4 is 30.2 Å². The summed E-state index contributed by atoms with van der Waals surface area (Å²) < 4.78 is 16.6. The first kappa shape index (κ1) is 10.5. The molecule has 86 valence electrons. The van der Waals surface area contributed by atoms with Gasteiger partial charge >= 0.3 is 8.24 Å². The second kappa shape index (κ2) is 4.28. The van der Waals surface area contributed by atoms with Crippen molar-refractivity contribution in [2.24, 2.45) is 0 Å². The molecule has 3 nitrogen and oxygen atoms in total. The third kappa shape index (κ3) is 1.84. The quantitative estimate of drug-likeness (QED) is 0.640. The number of fused-ring (bicyclic) bond motifs is 3. The van der Waals surface area contributed by atoms with Gasteiger partial charge in [-0.25, -0.2) is 0 Å². The minimum absolute atomic E-state index is 0.797. The van der Waals surface area contributed by atoms with Crippen molar-refractivity contribution in [1.29, 1.82) is 0 Å². The molecule has 1 heterocycles. The molecule has 4 heteroatoms. The Kier molecular flexibility index (Phi) is 2.63. The summed E-state index contributed by atoms with van der Waals surface area (Å²) >= 11 is 0. The van der Waals surface area contributed by atoms with Crippen LogP contribution in [0.4, 0.5) is 0 Å². The van der Waals surface area contributed by atoms with E-state index in [4.69, 9.17) is 12.9 Å². The van der Waals surface area contributed by atoms with E-state index < -0.39 is 8.24 Å². The average molecular weight is 246 g/mol. The van der Waals surface area contributed by atoms with Crippen molar-refractivity contribution in [3.05, 3.63) is 48.5 Å². The molecular weight excluding hydrogens is 235 g/mol. The minimum Gasteiger partial charge on any atom is -0.399 e. The molecule has 0 saturated carbocycles. The highest BCUT2D eigenvalue weighted by atomic mass is 31.1. The molecule has 3 rings (SSSR count). The minimum atomic E-state index is -1.37. The molecule has 0 amide bonds. The van der Waals surface area contributed by atoms with Crippen LogP contribution in [0.1, 0.15) is 0 Å². The predicted molar refractivity (Wildman–Crippen MR) is 68.8 cm³/mol. The third-order valence-electron chi connectivity index (χ3n) is 2.56. The molecule has 0 aliphatic rings. The number of hydrogen-bond acceptors (Lipinski definition) is 3. The molecule has 0 aliphatic carbocycles. The molecule has 0 unspecified atom stereocenters. The first-order valence-electron chi connectivity index (χ1n) is 5.27. The van der Waals surface area contributed by atoms with Crippen molar-refractivity contribution in [3.63, 3.8) is 0 Å². The topological polar surface area (TPSA) is 35.5 Å². The van der Waals surface area contributed by atoms with Gasteiger partial charge in [0.05, 0.1) is 7.11 Å². The van der Waals surface area contributed by atoms with Gasteiger partial charge in [-0.05, 0) is 12.1 Å². The van der Waals surface area contributed by atoms with Gasteiger partial charge in [0, 0.05) is 10.8 Å². The standard InChI is InChI=1S/C13H11O3P/c1-14-17-15-12-8-4-2-6-10(12)11-7-3-5-9-13(11)16-17/h2-9H,1H3. The van der Waals surface area contributed by atoms with E-state index in [1.165, 1.54) is 0 Å². The summed E-state index contributed by atoms with van der Waals surface area (Å²) in [7, 11) is 0.216. The van der Waals surface area contributed by atoms with Gasteiger partial charge < -0.3 is 8.39 Å². The Bertz CT molecular complexity index is 645. The lowest BCUT2D eigenvalue weighted by Gasteiger charge is -1.92. The van der Waals surface area contributed by atoms with E-state index in [2.05, 4.69) is 0 Å². The van der Waals surface area contributed by atoms with Gasteiger partial charge in [0.25, 0.3) is 0 Å². The second-order valence-electron chi connectivity index (χ2n) is 3.58. The molecule has 2 aromatic carbocycles. The first-order chi connectivity index (χ1) is 8.38. The van der Waals surface area contributed by atoms with Crippen LogP contribution in [0.25, 0.3) is 21.9 Å². The molecule has 0 saturated heterocycles. The van der Waals surface area contributed by atoms with E-state index in [0.717, 1.165) is 21.9 Å². The lowest BCUT2D eigenvalue weighted by Crippen LogP contribution is -1.72. The lowest BCUT2D eigenvalue weighted by atomic mass is 10.1. The summed E-state index contributed by atoms with van der Waals surface area (Å²) in [6.07, 6.45) is 0. The zero-order chi connectivity index (χ0) is 11.7. The van der Waals surface area contributed by atoms with Gasteiger partial charge in [0.1, 0.15) is 11.2 Å². The summed E-state index contributed by atoms with van der Waals surface area (Å²) in [6.45, 7) is 0. The van der Waals surface area contributed by atoms with Gasteiger partial charge in [-0.2, -0.15) is 0 Å². The Balaban J connectivity index is 2.59. The Morgan fingerprint density at radius 3 is 1.76 bits per heavy atom. The molecule has 1 aromatic heterocycles. The molecule has 3 aromatic rings. The summed E-state index contributed by atoms with van der Waals surface area (Å²) in [4.78, 5) is 0. The highest BCUT2D eigenvalue weighted by molar-refractivity contribution is 7.31. The number of para-hydroxylation sites is 2. The highest BCUT2D eigenvalue weighted by Crippen LogP contribution is 2.32. The maximum Gasteiger partial charge on any atom is 0.387 e. The smallest absolute Gasteiger partial charge is 0.387 e. The number of hydrogen-bond donors (Lipinski definition) is 0. The molecule has 0 N–H and O–H groups in total. The van der Waals surface area contributed by atoms with Crippen molar-refractivity contribution < 1.29 is 12.9 Å². The molecule has 0 radical (unpaired) electrons. The molecule has 0 bridgehead atoms. The van der Waals surface area contributed by atoms with Gasteiger partial charge in [-0.3, -0.25) is 4.52 Å². The number of benzene rings is 2.